The number of hydrogen-bond donors (Lipinski definition) is 2. The van der Waals surface area contributed by atoms with Gasteiger partial charge in [0.2, 0.25) is 11.8 Å². The van der Waals surface area contributed by atoms with E-state index in [2.05, 4.69) is 15.5 Å². The van der Waals surface area contributed by atoms with Gasteiger partial charge in [-0.15, -0.1) is 10.2 Å². The third-order valence-corrected chi connectivity index (χ3v) is 4.91. The van der Waals surface area contributed by atoms with E-state index in [1.165, 1.54) is 18.0 Å². The number of primary amides is 1. The van der Waals surface area contributed by atoms with Gasteiger partial charge in [-0.25, -0.2) is 0 Å². The summed E-state index contributed by atoms with van der Waals surface area (Å²) >= 11 is 7.28. The van der Waals surface area contributed by atoms with Crippen LogP contribution >= 0.6 is 23.4 Å². The van der Waals surface area contributed by atoms with Crippen LogP contribution in [0.3, 0.4) is 0 Å². The lowest BCUT2D eigenvalue weighted by Crippen LogP contribution is -2.15. The average Bonchev–Trinajstić information content (AvgIpc) is 3.29. The third kappa shape index (κ3) is 5.37. The summed E-state index contributed by atoms with van der Waals surface area (Å²) in [5.41, 5.74) is 5.91. The van der Waals surface area contributed by atoms with Crippen LogP contribution in [0.15, 0.2) is 52.2 Å². The van der Waals surface area contributed by atoms with Gasteiger partial charge in [-0.2, -0.15) is 0 Å². The van der Waals surface area contributed by atoms with Crippen molar-refractivity contribution in [1.29, 1.82) is 0 Å². The third-order valence-electron chi connectivity index (χ3n) is 3.71. The Morgan fingerprint density at radius 3 is 2.79 bits per heavy atom. The fourth-order valence-corrected chi connectivity index (χ4v) is 3.52. The van der Waals surface area contributed by atoms with Crippen molar-refractivity contribution < 1.29 is 14.0 Å². The Morgan fingerprint density at radius 1 is 1.21 bits per heavy atom. The standard InChI is InChI=1S/C18H18ClN5O3S/c19-12-3-1-4-13(11-12)21-16(26)7-10-28-18-23-22-17(14-5-2-9-27-14)24(18)8-6-15(20)25/h1-5,9,11H,6-8,10H2,(H2,20,25)(H,21,26). The largest absolute Gasteiger partial charge is 0.461 e. The van der Waals surface area contributed by atoms with Crippen molar-refractivity contribution in [1.82, 2.24) is 14.8 Å². The van der Waals surface area contributed by atoms with Crippen molar-refractivity contribution in [3.8, 4) is 11.6 Å². The molecule has 0 aliphatic heterocycles. The molecule has 2 heterocycles. The molecule has 3 rings (SSSR count). The van der Waals surface area contributed by atoms with Gasteiger partial charge in [-0.05, 0) is 30.3 Å². The van der Waals surface area contributed by atoms with Gasteiger partial charge in [0.25, 0.3) is 0 Å². The number of rotatable bonds is 9. The molecule has 0 atom stereocenters. The highest BCUT2D eigenvalue weighted by molar-refractivity contribution is 7.99. The van der Waals surface area contributed by atoms with Gasteiger partial charge in [0, 0.05) is 35.8 Å². The molecule has 0 unspecified atom stereocenters. The normalized spacial score (nSPS) is 10.8. The van der Waals surface area contributed by atoms with Crippen molar-refractivity contribution in [3.05, 3.63) is 47.7 Å². The summed E-state index contributed by atoms with van der Waals surface area (Å²) in [7, 11) is 0. The SMILES string of the molecule is NC(=O)CCn1c(SCCC(=O)Nc2cccc(Cl)c2)nnc1-c1ccco1. The van der Waals surface area contributed by atoms with Gasteiger partial charge < -0.3 is 15.5 Å². The number of thioether (sulfide) groups is 1. The molecule has 0 saturated carbocycles. The summed E-state index contributed by atoms with van der Waals surface area (Å²) in [6.45, 7) is 0.329. The highest BCUT2D eigenvalue weighted by atomic mass is 35.5. The van der Waals surface area contributed by atoms with E-state index >= 15 is 0 Å². The summed E-state index contributed by atoms with van der Waals surface area (Å²) in [6.07, 6.45) is 1.96. The van der Waals surface area contributed by atoms with E-state index in [0.29, 0.717) is 39.7 Å². The number of hydrogen-bond acceptors (Lipinski definition) is 6. The molecule has 28 heavy (non-hydrogen) atoms. The van der Waals surface area contributed by atoms with E-state index in [4.69, 9.17) is 21.8 Å². The van der Waals surface area contributed by atoms with Gasteiger partial charge in [0.05, 0.1) is 6.26 Å². The predicted molar refractivity (Wildman–Crippen MR) is 107 cm³/mol. The summed E-state index contributed by atoms with van der Waals surface area (Å²) in [4.78, 5) is 23.3. The second kappa shape index (κ2) is 9.43. The van der Waals surface area contributed by atoms with Crippen LogP contribution in [0.25, 0.3) is 11.6 Å². The lowest BCUT2D eigenvalue weighted by atomic mass is 10.3. The Kier molecular flexibility index (Phi) is 6.72. The summed E-state index contributed by atoms with van der Waals surface area (Å²) in [6, 6.07) is 10.5. The summed E-state index contributed by atoms with van der Waals surface area (Å²) in [5, 5.41) is 12.2. The number of furan rings is 1. The van der Waals surface area contributed by atoms with Crippen LogP contribution in [0.5, 0.6) is 0 Å². The van der Waals surface area contributed by atoms with E-state index in [1.54, 1.807) is 41.0 Å². The number of nitrogens with zero attached hydrogens (tertiary/aromatic N) is 3. The molecular weight excluding hydrogens is 402 g/mol. The zero-order chi connectivity index (χ0) is 19.9. The van der Waals surface area contributed by atoms with Crippen LogP contribution in [-0.2, 0) is 16.1 Å². The van der Waals surface area contributed by atoms with Crippen LogP contribution in [-0.4, -0.2) is 32.3 Å². The number of amides is 2. The zero-order valence-electron chi connectivity index (χ0n) is 14.8. The molecule has 2 amide bonds. The molecule has 8 nitrogen and oxygen atoms in total. The quantitative estimate of drug-likeness (QED) is 0.514. The Balaban J connectivity index is 1.61. The highest BCUT2D eigenvalue weighted by Gasteiger charge is 2.17. The maximum Gasteiger partial charge on any atom is 0.225 e. The first-order chi connectivity index (χ1) is 13.5. The molecule has 3 aromatic rings. The van der Waals surface area contributed by atoms with Crippen LogP contribution < -0.4 is 11.1 Å². The molecule has 0 fully saturated rings. The maximum atomic E-state index is 12.1. The molecule has 10 heteroatoms. The Hall–Kier alpha value is -2.78. The number of aromatic nitrogens is 3. The molecule has 0 bridgehead atoms. The molecule has 2 aromatic heterocycles. The smallest absolute Gasteiger partial charge is 0.225 e. The molecule has 0 aliphatic rings. The van der Waals surface area contributed by atoms with Crippen LogP contribution in [0.2, 0.25) is 5.02 Å². The molecule has 0 aliphatic carbocycles. The minimum absolute atomic E-state index is 0.135. The molecule has 1 aromatic carbocycles. The second-order valence-electron chi connectivity index (χ2n) is 5.81. The lowest BCUT2D eigenvalue weighted by molar-refractivity contribution is -0.118. The van der Waals surface area contributed by atoms with Crippen molar-refractivity contribution in [2.45, 2.75) is 24.5 Å². The number of nitrogens with two attached hydrogens (primary N) is 1. The van der Waals surface area contributed by atoms with Crippen molar-refractivity contribution in [2.24, 2.45) is 5.73 Å². The lowest BCUT2D eigenvalue weighted by Gasteiger charge is -2.08. The maximum absolute atomic E-state index is 12.1. The average molecular weight is 420 g/mol. The van der Waals surface area contributed by atoms with Crippen molar-refractivity contribution >= 4 is 40.9 Å². The van der Waals surface area contributed by atoms with E-state index in [0.717, 1.165) is 0 Å². The molecule has 0 spiro atoms. The van der Waals surface area contributed by atoms with Gasteiger partial charge in [-0.1, -0.05) is 29.4 Å². The molecule has 146 valence electrons. The van der Waals surface area contributed by atoms with E-state index in [9.17, 15) is 9.59 Å². The Bertz CT molecular complexity index is 958. The van der Waals surface area contributed by atoms with E-state index < -0.39 is 5.91 Å². The first-order valence-electron chi connectivity index (χ1n) is 8.46. The Labute approximate surface area is 170 Å². The van der Waals surface area contributed by atoms with Gasteiger partial charge >= 0.3 is 0 Å². The molecule has 0 saturated heterocycles. The van der Waals surface area contributed by atoms with Crippen molar-refractivity contribution in [2.75, 3.05) is 11.1 Å². The monoisotopic (exact) mass is 419 g/mol. The van der Waals surface area contributed by atoms with Crippen molar-refractivity contribution in [3.63, 3.8) is 0 Å². The summed E-state index contributed by atoms with van der Waals surface area (Å²) in [5.74, 6) is 0.985. The van der Waals surface area contributed by atoms with Gasteiger partial charge in [-0.3, -0.25) is 14.2 Å². The first kappa shape index (κ1) is 20.0. The topological polar surface area (TPSA) is 116 Å². The van der Waals surface area contributed by atoms with Crippen LogP contribution in [0, 0.1) is 0 Å². The highest BCUT2D eigenvalue weighted by Crippen LogP contribution is 2.25. The second-order valence-corrected chi connectivity index (χ2v) is 7.31. The summed E-state index contributed by atoms with van der Waals surface area (Å²) < 4.78 is 7.14. The van der Waals surface area contributed by atoms with Crippen LogP contribution in [0.4, 0.5) is 5.69 Å². The first-order valence-corrected chi connectivity index (χ1v) is 9.83. The number of halogens is 1. The molecule has 0 radical (unpaired) electrons. The number of carbonyl (C=O) groups is 2. The number of anilines is 1. The van der Waals surface area contributed by atoms with Crippen LogP contribution in [0.1, 0.15) is 12.8 Å². The minimum atomic E-state index is -0.420. The molecule has 3 N–H and O–H groups in total. The van der Waals surface area contributed by atoms with Gasteiger partial charge in [0.15, 0.2) is 16.7 Å². The number of carbonyl (C=O) groups excluding carboxylic acids is 2. The number of benzene rings is 1. The number of nitrogens with one attached hydrogen (secondary N) is 1. The van der Waals surface area contributed by atoms with E-state index in [1.807, 2.05) is 0 Å². The minimum Gasteiger partial charge on any atom is -0.461 e. The molecular formula is C18H18ClN5O3S. The van der Waals surface area contributed by atoms with E-state index in [-0.39, 0.29) is 18.7 Å². The fourth-order valence-electron chi connectivity index (χ4n) is 2.43. The fraction of sp³-hybridized carbons (Fsp3) is 0.222. The zero-order valence-corrected chi connectivity index (χ0v) is 16.4. The van der Waals surface area contributed by atoms with Gasteiger partial charge in [0.1, 0.15) is 0 Å². The Morgan fingerprint density at radius 2 is 2.07 bits per heavy atom. The predicted octanol–water partition coefficient (Wildman–Crippen LogP) is 3.19.